The topological polar surface area (TPSA) is 17.1 Å². The lowest BCUT2D eigenvalue weighted by Gasteiger charge is -2.35. The summed E-state index contributed by atoms with van der Waals surface area (Å²) in [7, 11) is 0. The number of alkyl halides is 2. The van der Waals surface area contributed by atoms with E-state index in [-0.39, 0.29) is 18.8 Å². The van der Waals surface area contributed by atoms with E-state index >= 15 is 0 Å². The van der Waals surface area contributed by atoms with Crippen LogP contribution in [0.5, 0.6) is 0 Å². The van der Waals surface area contributed by atoms with Gasteiger partial charge >= 0.3 is 0 Å². The molecule has 1 saturated carbocycles. The SMILES string of the molecule is O=Cc1ccc(C2CC(F)(F)C2)cc1. The maximum absolute atomic E-state index is 12.6. The quantitative estimate of drug-likeness (QED) is 0.664. The summed E-state index contributed by atoms with van der Waals surface area (Å²) in [6.07, 6.45) is 0.625. The Morgan fingerprint density at radius 1 is 1.21 bits per heavy atom. The van der Waals surface area contributed by atoms with E-state index < -0.39 is 5.92 Å². The lowest BCUT2D eigenvalue weighted by molar-refractivity contribution is -0.0867. The fraction of sp³-hybridized carbons (Fsp3) is 0.364. The standard InChI is InChI=1S/C11H10F2O/c12-11(13)5-10(6-11)9-3-1-8(7-14)2-4-9/h1-4,7,10H,5-6H2. The van der Waals surface area contributed by atoms with Crippen LogP contribution in [0.4, 0.5) is 8.78 Å². The van der Waals surface area contributed by atoms with Crippen LogP contribution in [0.2, 0.25) is 0 Å². The zero-order valence-electron chi connectivity index (χ0n) is 7.54. The molecule has 1 fully saturated rings. The van der Waals surface area contributed by atoms with Crippen molar-refractivity contribution >= 4 is 6.29 Å². The first-order valence-electron chi connectivity index (χ1n) is 4.54. The smallest absolute Gasteiger partial charge is 0.249 e. The van der Waals surface area contributed by atoms with E-state index in [4.69, 9.17) is 0 Å². The number of benzene rings is 1. The fourth-order valence-electron chi connectivity index (χ4n) is 1.74. The van der Waals surface area contributed by atoms with E-state index in [9.17, 15) is 13.6 Å². The number of rotatable bonds is 2. The van der Waals surface area contributed by atoms with Crippen molar-refractivity contribution in [3.63, 3.8) is 0 Å². The molecule has 0 radical (unpaired) electrons. The third kappa shape index (κ3) is 1.67. The normalized spacial score (nSPS) is 20.1. The molecule has 0 saturated heterocycles. The summed E-state index contributed by atoms with van der Waals surface area (Å²) in [6.45, 7) is 0. The molecule has 0 aromatic heterocycles. The third-order valence-corrected chi connectivity index (χ3v) is 2.63. The van der Waals surface area contributed by atoms with Gasteiger partial charge in [0.1, 0.15) is 6.29 Å². The number of halogens is 2. The van der Waals surface area contributed by atoms with Gasteiger partial charge in [0.2, 0.25) is 5.92 Å². The van der Waals surface area contributed by atoms with Crippen LogP contribution in [-0.4, -0.2) is 12.2 Å². The Morgan fingerprint density at radius 2 is 1.79 bits per heavy atom. The average molecular weight is 196 g/mol. The van der Waals surface area contributed by atoms with Gasteiger partial charge in [-0.1, -0.05) is 24.3 Å². The maximum atomic E-state index is 12.6. The van der Waals surface area contributed by atoms with Crippen molar-refractivity contribution in [3.05, 3.63) is 35.4 Å². The molecule has 1 aliphatic rings. The van der Waals surface area contributed by atoms with Gasteiger partial charge in [0.15, 0.2) is 0 Å². The van der Waals surface area contributed by atoms with Crippen molar-refractivity contribution in [2.45, 2.75) is 24.7 Å². The van der Waals surface area contributed by atoms with Crippen molar-refractivity contribution < 1.29 is 13.6 Å². The summed E-state index contributed by atoms with van der Waals surface area (Å²) in [5.74, 6) is -2.51. The number of aldehydes is 1. The van der Waals surface area contributed by atoms with Gasteiger partial charge in [-0.15, -0.1) is 0 Å². The molecule has 0 spiro atoms. The van der Waals surface area contributed by atoms with Crippen molar-refractivity contribution in [2.24, 2.45) is 0 Å². The average Bonchev–Trinajstić information content (AvgIpc) is 2.14. The maximum Gasteiger partial charge on any atom is 0.249 e. The first kappa shape index (κ1) is 9.31. The van der Waals surface area contributed by atoms with Crippen LogP contribution in [0.25, 0.3) is 0 Å². The molecular weight excluding hydrogens is 186 g/mol. The van der Waals surface area contributed by atoms with Crippen LogP contribution in [0.1, 0.15) is 34.7 Å². The Bertz CT molecular complexity index is 335. The largest absolute Gasteiger partial charge is 0.298 e. The molecule has 2 rings (SSSR count). The Balaban J connectivity index is 2.08. The number of carbonyl (C=O) groups excluding carboxylic acids is 1. The van der Waals surface area contributed by atoms with Gasteiger partial charge in [-0.2, -0.15) is 0 Å². The van der Waals surface area contributed by atoms with Gasteiger partial charge < -0.3 is 0 Å². The van der Waals surface area contributed by atoms with Crippen LogP contribution in [0.15, 0.2) is 24.3 Å². The predicted octanol–water partition coefficient (Wildman–Crippen LogP) is 3.01. The minimum atomic E-state index is -2.48. The summed E-state index contributed by atoms with van der Waals surface area (Å²) in [5, 5.41) is 0. The van der Waals surface area contributed by atoms with E-state index in [1.54, 1.807) is 24.3 Å². The van der Waals surface area contributed by atoms with E-state index in [0.717, 1.165) is 11.8 Å². The van der Waals surface area contributed by atoms with Gasteiger partial charge in [0.25, 0.3) is 0 Å². The van der Waals surface area contributed by atoms with Crippen molar-refractivity contribution in [1.29, 1.82) is 0 Å². The highest BCUT2D eigenvalue weighted by Crippen LogP contribution is 2.48. The molecule has 1 aliphatic carbocycles. The molecular formula is C11H10F2O. The molecule has 3 heteroatoms. The van der Waals surface area contributed by atoms with E-state index in [1.165, 1.54) is 0 Å². The Labute approximate surface area is 80.7 Å². The molecule has 74 valence electrons. The highest BCUT2D eigenvalue weighted by Gasteiger charge is 2.45. The number of carbonyl (C=O) groups is 1. The number of hydrogen-bond acceptors (Lipinski definition) is 1. The molecule has 1 nitrogen and oxygen atoms in total. The molecule has 14 heavy (non-hydrogen) atoms. The van der Waals surface area contributed by atoms with Crippen molar-refractivity contribution in [2.75, 3.05) is 0 Å². The van der Waals surface area contributed by atoms with Crippen LogP contribution < -0.4 is 0 Å². The summed E-state index contributed by atoms with van der Waals surface area (Å²) in [6, 6.07) is 6.84. The second kappa shape index (κ2) is 3.15. The lowest BCUT2D eigenvalue weighted by atomic mass is 9.77. The van der Waals surface area contributed by atoms with Gasteiger partial charge in [-0.25, -0.2) is 8.78 Å². The van der Waals surface area contributed by atoms with Gasteiger partial charge in [0.05, 0.1) is 0 Å². The highest BCUT2D eigenvalue weighted by atomic mass is 19.3. The zero-order valence-corrected chi connectivity index (χ0v) is 7.54. The minimum Gasteiger partial charge on any atom is -0.298 e. The Morgan fingerprint density at radius 3 is 2.21 bits per heavy atom. The molecule has 0 N–H and O–H groups in total. The third-order valence-electron chi connectivity index (χ3n) is 2.63. The Hall–Kier alpha value is -1.25. The van der Waals surface area contributed by atoms with Crippen molar-refractivity contribution in [3.8, 4) is 0 Å². The second-order valence-electron chi connectivity index (χ2n) is 3.75. The molecule has 1 aromatic rings. The first-order chi connectivity index (χ1) is 6.61. The molecule has 0 amide bonds. The molecule has 0 heterocycles. The molecule has 0 atom stereocenters. The van der Waals surface area contributed by atoms with Gasteiger partial charge in [-0.05, 0) is 11.5 Å². The molecule has 0 unspecified atom stereocenters. The molecule has 0 aliphatic heterocycles. The van der Waals surface area contributed by atoms with Crippen LogP contribution in [0, 0.1) is 0 Å². The lowest BCUT2D eigenvalue weighted by Crippen LogP contribution is -2.33. The summed E-state index contributed by atoms with van der Waals surface area (Å²) in [5.41, 5.74) is 1.49. The Kier molecular flexibility index (Phi) is 2.10. The summed E-state index contributed by atoms with van der Waals surface area (Å²) < 4.78 is 25.1. The van der Waals surface area contributed by atoms with Crippen LogP contribution in [0.3, 0.4) is 0 Å². The summed E-state index contributed by atoms with van der Waals surface area (Å²) in [4.78, 5) is 10.4. The van der Waals surface area contributed by atoms with E-state index in [2.05, 4.69) is 0 Å². The summed E-state index contributed by atoms with van der Waals surface area (Å²) >= 11 is 0. The van der Waals surface area contributed by atoms with E-state index in [0.29, 0.717) is 5.56 Å². The predicted molar refractivity (Wildman–Crippen MR) is 48.8 cm³/mol. The van der Waals surface area contributed by atoms with Crippen molar-refractivity contribution in [1.82, 2.24) is 0 Å². The minimum absolute atomic E-state index is 0.0364. The first-order valence-corrected chi connectivity index (χ1v) is 4.54. The zero-order chi connectivity index (χ0) is 10.2. The van der Waals surface area contributed by atoms with Gasteiger partial charge in [0, 0.05) is 18.4 Å². The fourth-order valence-corrected chi connectivity index (χ4v) is 1.74. The van der Waals surface area contributed by atoms with E-state index in [1.807, 2.05) is 0 Å². The number of hydrogen-bond donors (Lipinski definition) is 0. The van der Waals surface area contributed by atoms with Crippen LogP contribution in [-0.2, 0) is 0 Å². The molecule has 1 aromatic carbocycles. The second-order valence-corrected chi connectivity index (χ2v) is 3.75. The monoisotopic (exact) mass is 196 g/mol. The highest BCUT2D eigenvalue weighted by molar-refractivity contribution is 5.74. The van der Waals surface area contributed by atoms with Crippen LogP contribution >= 0.6 is 0 Å². The van der Waals surface area contributed by atoms with Gasteiger partial charge in [-0.3, -0.25) is 4.79 Å². The molecule has 0 bridgehead atoms.